The number of methoxy groups -OCH3 is 1. The summed E-state index contributed by atoms with van der Waals surface area (Å²) in [6, 6.07) is 7.94. The average Bonchev–Trinajstić information content (AvgIpc) is 3.12. The van der Waals surface area contributed by atoms with E-state index in [0.29, 0.717) is 5.92 Å². The second-order valence-corrected chi connectivity index (χ2v) is 8.36. The van der Waals surface area contributed by atoms with Crippen molar-refractivity contribution in [1.82, 2.24) is 14.9 Å². The fourth-order valence-corrected chi connectivity index (χ4v) is 5.00. The van der Waals surface area contributed by atoms with Gasteiger partial charge in [-0.15, -0.1) is 0 Å². The van der Waals surface area contributed by atoms with Gasteiger partial charge in [-0.2, -0.15) is 0 Å². The lowest BCUT2D eigenvalue weighted by Gasteiger charge is -2.42. The molecule has 1 aromatic carbocycles. The van der Waals surface area contributed by atoms with Crippen LogP contribution in [0.15, 0.2) is 36.7 Å². The van der Waals surface area contributed by atoms with Crippen LogP contribution >= 0.6 is 0 Å². The Hall–Kier alpha value is -2.18. The SMILES string of the molecule is COc1ccccc1[C@]1(O)CCC[C@H]2CN(Cc3cnc(N(C)C)nc3)C[C@@H]21. The minimum atomic E-state index is -0.824. The zero-order valence-electron chi connectivity index (χ0n) is 17.0. The summed E-state index contributed by atoms with van der Waals surface area (Å²) < 4.78 is 5.57. The number of benzene rings is 1. The number of hydrogen-bond donors (Lipinski definition) is 1. The van der Waals surface area contributed by atoms with E-state index in [1.807, 2.05) is 55.7 Å². The molecule has 6 nitrogen and oxygen atoms in total. The minimum Gasteiger partial charge on any atom is -0.496 e. The van der Waals surface area contributed by atoms with Crippen molar-refractivity contribution in [2.75, 3.05) is 39.2 Å². The third-order valence-electron chi connectivity index (χ3n) is 6.33. The second-order valence-electron chi connectivity index (χ2n) is 8.36. The highest BCUT2D eigenvalue weighted by Crippen LogP contribution is 2.50. The van der Waals surface area contributed by atoms with Gasteiger partial charge >= 0.3 is 0 Å². The largest absolute Gasteiger partial charge is 0.496 e. The Kier molecular flexibility index (Phi) is 5.25. The van der Waals surface area contributed by atoms with Gasteiger partial charge in [-0.25, -0.2) is 9.97 Å². The molecular weight excluding hydrogens is 352 g/mol. The van der Waals surface area contributed by atoms with Crippen LogP contribution in [-0.2, 0) is 12.1 Å². The van der Waals surface area contributed by atoms with Gasteiger partial charge in [-0.3, -0.25) is 4.90 Å². The van der Waals surface area contributed by atoms with E-state index in [1.165, 1.54) is 6.42 Å². The monoisotopic (exact) mass is 382 g/mol. The van der Waals surface area contributed by atoms with Gasteiger partial charge in [-0.1, -0.05) is 18.2 Å². The van der Waals surface area contributed by atoms with Crippen LogP contribution in [0.5, 0.6) is 5.75 Å². The summed E-state index contributed by atoms with van der Waals surface area (Å²) >= 11 is 0. The Bertz CT molecular complexity index is 810. The molecular formula is C22H30N4O2. The first-order valence-corrected chi connectivity index (χ1v) is 10.1. The van der Waals surface area contributed by atoms with E-state index in [2.05, 4.69) is 14.9 Å². The maximum Gasteiger partial charge on any atom is 0.224 e. The molecule has 3 atom stereocenters. The molecule has 2 fully saturated rings. The lowest BCUT2D eigenvalue weighted by Crippen LogP contribution is -2.43. The predicted molar refractivity (Wildman–Crippen MR) is 109 cm³/mol. The number of likely N-dealkylation sites (tertiary alicyclic amines) is 1. The van der Waals surface area contributed by atoms with Crippen molar-refractivity contribution in [1.29, 1.82) is 0 Å². The van der Waals surface area contributed by atoms with Crippen molar-refractivity contribution in [3.8, 4) is 5.75 Å². The van der Waals surface area contributed by atoms with Crippen LogP contribution < -0.4 is 9.64 Å². The number of aliphatic hydroxyl groups is 1. The van der Waals surface area contributed by atoms with E-state index < -0.39 is 5.60 Å². The molecule has 2 aliphatic rings. The topological polar surface area (TPSA) is 61.7 Å². The van der Waals surface area contributed by atoms with Gasteiger partial charge in [0.15, 0.2) is 0 Å². The Morgan fingerprint density at radius 2 is 1.96 bits per heavy atom. The van der Waals surface area contributed by atoms with Gasteiger partial charge in [0.05, 0.1) is 12.7 Å². The van der Waals surface area contributed by atoms with E-state index >= 15 is 0 Å². The summed E-state index contributed by atoms with van der Waals surface area (Å²) in [5, 5.41) is 11.8. The van der Waals surface area contributed by atoms with Gasteiger partial charge in [0.25, 0.3) is 0 Å². The highest BCUT2D eigenvalue weighted by atomic mass is 16.5. The molecule has 2 heterocycles. The smallest absolute Gasteiger partial charge is 0.224 e. The predicted octanol–water partition coefficient (Wildman–Crippen LogP) is 2.67. The molecule has 4 rings (SSSR count). The number of ether oxygens (including phenoxy) is 1. The second kappa shape index (κ2) is 7.68. The molecule has 6 heteroatoms. The lowest BCUT2D eigenvalue weighted by molar-refractivity contribution is -0.0662. The molecule has 0 spiro atoms. The van der Waals surface area contributed by atoms with Gasteiger partial charge in [0.2, 0.25) is 5.95 Å². The van der Waals surface area contributed by atoms with Crippen LogP contribution in [0.1, 0.15) is 30.4 Å². The van der Waals surface area contributed by atoms with E-state index in [4.69, 9.17) is 4.74 Å². The molecule has 1 saturated carbocycles. The molecule has 150 valence electrons. The fraction of sp³-hybridized carbons (Fsp3) is 0.545. The van der Waals surface area contributed by atoms with E-state index in [-0.39, 0.29) is 5.92 Å². The maximum atomic E-state index is 11.8. The molecule has 1 saturated heterocycles. The van der Waals surface area contributed by atoms with Crippen molar-refractivity contribution in [2.24, 2.45) is 11.8 Å². The van der Waals surface area contributed by atoms with Crippen LogP contribution in [0.3, 0.4) is 0 Å². The zero-order valence-corrected chi connectivity index (χ0v) is 17.0. The normalized spacial score (nSPS) is 27.4. The number of aromatic nitrogens is 2. The molecule has 1 aliphatic heterocycles. The Labute approximate surface area is 167 Å². The molecule has 1 N–H and O–H groups in total. The summed E-state index contributed by atoms with van der Waals surface area (Å²) in [7, 11) is 5.57. The molecule has 0 amide bonds. The van der Waals surface area contributed by atoms with E-state index in [0.717, 1.165) is 55.3 Å². The Balaban J connectivity index is 1.53. The van der Waals surface area contributed by atoms with Gasteiger partial charge in [0.1, 0.15) is 5.75 Å². The number of para-hydroxylation sites is 1. The first-order valence-electron chi connectivity index (χ1n) is 10.1. The molecule has 0 bridgehead atoms. The van der Waals surface area contributed by atoms with Crippen LogP contribution in [0.4, 0.5) is 5.95 Å². The fourth-order valence-electron chi connectivity index (χ4n) is 5.00. The quantitative estimate of drug-likeness (QED) is 0.858. The van der Waals surface area contributed by atoms with Crippen molar-refractivity contribution < 1.29 is 9.84 Å². The van der Waals surface area contributed by atoms with Crippen molar-refractivity contribution in [2.45, 2.75) is 31.4 Å². The lowest BCUT2D eigenvalue weighted by atomic mass is 9.67. The number of fused-ring (bicyclic) bond motifs is 1. The average molecular weight is 383 g/mol. The zero-order chi connectivity index (χ0) is 19.7. The summed E-state index contributed by atoms with van der Waals surface area (Å²) in [4.78, 5) is 13.2. The first-order chi connectivity index (χ1) is 13.5. The third kappa shape index (κ3) is 3.47. The molecule has 0 radical (unpaired) electrons. The Morgan fingerprint density at radius 3 is 2.68 bits per heavy atom. The molecule has 28 heavy (non-hydrogen) atoms. The molecule has 1 aromatic heterocycles. The van der Waals surface area contributed by atoms with Crippen molar-refractivity contribution >= 4 is 5.95 Å². The van der Waals surface area contributed by atoms with Crippen LogP contribution in [-0.4, -0.2) is 54.3 Å². The summed E-state index contributed by atoms with van der Waals surface area (Å²) in [5.74, 6) is 2.24. The van der Waals surface area contributed by atoms with Crippen LogP contribution in [0.2, 0.25) is 0 Å². The van der Waals surface area contributed by atoms with Crippen molar-refractivity contribution in [3.63, 3.8) is 0 Å². The number of anilines is 1. The van der Waals surface area contributed by atoms with Crippen LogP contribution in [0.25, 0.3) is 0 Å². The molecule has 1 aliphatic carbocycles. The number of nitrogens with zero attached hydrogens (tertiary/aromatic N) is 4. The number of hydrogen-bond acceptors (Lipinski definition) is 6. The van der Waals surface area contributed by atoms with Crippen LogP contribution in [0, 0.1) is 11.8 Å². The van der Waals surface area contributed by atoms with Crippen molar-refractivity contribution in [3.05, 3.63) is 47.8 Å². The van der Waals surface area contributed by atoms with Gasteiger partial charge in [0, 0.05) is 63.2 Å². The highest BCUT2D eigenvalue weighted by Gasteiger charge is 2.50. The van der Waals surface area contributed by atoms with Gasteiger partial charge < -0.3 is 14.7 Å². The summed E-state index contributed by atoms with van der Waals surface area (Å²) in [6.45, 7) is 2.72. The summed E-state index contributed by atoms with van der Waals surface area (Å²) in [6.07, 6.45) is 6.84. The standard InChI is InChI=1S/C22H30N4O2/c1-25(2)21-23-11-16(12-24-21)13-26-14-17-7-6-10-22(27,19(17)15-26)18-8-4-5-9-20(18)28-3/h4-5,8-9,11-12,17,19,27H,6-7,10,13-15H2,1-3H3/t17-,19-,22+/m0/s1. The number of rotatable bonds is 5. The maximum absolute atomic E-state index is 11.8. The highest BCUT2D eigenvalue weighted by molar-refractivity contribution is 5.39. The van der Waals surface area contributed by atoms with E-state index in [9.17, 15) is 5.11 Å². The molecule has 2 aromatic rings. The van der Waals surface area contributed by atoms with Gasteiger partial charge in [-0.05, 0) is 31.2 Å². The Morgan fingerprint density at radius 1 is 1.21 bits per heavy atom. The first kappa shape index (κ1) is 19.2. The summed E-state index contributed by atoms with van der Waals surface area (Å²) in [5.41, 5.74) is 1.23. The molecule has 0 unspecified atom stereocenters. The van der Waals surface area contributed by atoms with E-state index in [1.54, 1.807) is 7.11 Å². The third-order valence-corrected chi connectivity index (χ3v) is 6.33. The minimum absolute atomic E-state index is 0.222.